The number of rotatable bonds is 9. The van der Waals surface area contributed by atoms with Gasteiger partial charge in [0.25, 0.3) is 0 Å². The van der Waals surface area contributed by atoms with Crippen molar-refractivity contribution in [3.63, 3.8) is 0 Å². The van der Waals surface area contributed by atoms with Crippen molar-refractivity contribution < 1.29 is 9.84 Å². The van der Waals surface area contributed by atoms with Gasteiger partial charge in [0.05, 0.1) is 13.2 Å². The number of ether oxygens (including phenoxy) is 1. The predicted molar refractivity (Wildman–Crippen MR) is 84.2 cm³/mol. The summed E-state index contributed by atoms with van der Waals surface area (Å²) in [6.45, 7) is 7.07. The lowest BCUT2D eigenvalue weighted by molar-refractivity contribution is 0.0988. The highest BCUT2D eigenvalue weighted by atomic mass is 16.5. The number of methoxy groups -OCH3 is 1. The van der Waals surface area contributed by atoms with Crippen LogP contribution in [-0.2, 0) is 6.42 Å². The van der Waals surface area contributed by atoms with E-state index in [4.69, 9.17) is 4.74 Å². The van der Waals surface area contributed by atoms with E-state index in [1.165, 1.54) is 5.56 Å². The van der Waals surface area contributed by atoms with Crippen molar-refractivity contribution in [2.24, 2.45) is 5.92 Å². The van der Waals surface area contributed by atoms with Crippen LogP contribution in [0.5, 0.6) is 5.75 Å². The van der Waals surface area contributed by atoms with E-state index in [-0.39, 0.29) is 6.10 Å². The average molecular weight is 279 g/mol. The summed E-state index contributed by atoms with van der Waals surface area (Å²) in [4.78, 5) is 0. The van der Waals surface area contributed by atoms with E-state index in [9.17, 15) is 5.11 Å². The molecule has 2 N–H and O–H groups in total. The van der Waals surface area contributed by atoms with Gasteiger partial charge in [0.15, 0.2) is 0 Å². The standard InChI is InChI=1S/C17H29NO2/c1-5-14(6-2)16(19)12-18-13(3)11-15-9-7-8-10-17(15)20-4/h7-10,13-14,16,18-19H,5-6,11-12H2,1-4H3. The normalized spacial score (nSPS) is 14.3. The molecule has 0 aromatic heterocycles. The molecule has 1 rings (SSSR count). The Labute approximate surface area is 123 Å². The monoisotopic (exact) mass is 279 g/mol. The summed E-state index contributed by atoms with van der Waals surface area (Å²) in [5, 5.41) is 13.6. The third-order valence-electron chi connectivity index (χ3n) is 3.99. The maximum atomic E-state index is 10.1. The summed E-state index contributed by atoms with van der Waals surface area (Å²) >= 11 is 0. The zero-order valence-corrected chi connectivity index (χ0v) is 13.2. The number of benzene rings is 1. The van der Waals surface area contributed by atoms with Gasteiger partial charge in [-0.25, -0.2) is 0 Å². The van der Waals surface area contributed by atoms with Crippen LogP contribution in [0.4, 0.5) is 0 Å². The van der Waals surface area contributed by atoms with E-state index in [1.807, 2.05) is 18.2 Å². The number of aliphatic hydroxyl groups excluding tert-OH is 1. The quantitative estimate of drug-likeness (QED) is 0.730. The zero-order valence-electron chi connectivity index (χ0n) is 13.2. The Bertz CT molecular complexity index is 377. The van der Waals surface area contributed by atoms with Gasteiger partial charge in [0.1, 0.15) is 5.75 Å². The highest BCUT2D eigenvalue weighted by Crippen LogP contribution is 2.19. The van der Waals surface area contributed by atoms with E-state index in [0.29, 0.717) is 18.5 Å². The number of hydrogen-bond acceptors (Lipinski definition) is 3. The van der Waals surface area contributed by atoms with E-state index in [0.717, 1.165) is 25.0 Å². The van der Waals surface area contributed by atoms with Crippen LogP contribution in [0.2, 0.25) is 0 Å². The molecule has 3 nitrogen and oxygen atoms in total. The van der Waals surface area contributed by atoms with Gasteiger partial charge in [-0.15, -0.1) is 0 Å². The van der Waals surface area contributed by atoms with Gasteiger partial charge in [-0.05, 0) is 30.9 Å². The van der Waals surface area contributed by atoms with Gasteiger partial charge in [-0.3, -0.25) is 0 Å². The first-order valence-corrected chi connectivity index (χ1v) is 7.65. The van der Waals surface area contributed by atoms with Crippen molar-refractivity contribution in [1.29, 1.82) is 0 Å². The number of nitrogens with one attached hydrogen (secondary N) is 1. The molecule has 0 saturated carbocycles. The Morgan fingerprint density at radius 2 is 1.85 bits per heavy atom. The van der Waals surface area contributed by atoms with Crippen molar-refractivity contribution in [2.75, 3.05) is 13.7 Å². The first-order chi connectivity index (χ1) is 9.62. The Morgan fingerprint density at radius 1 is 1.20 bits per heavy atom. The molecule has 0 amide bonds. The van der Waals surface area contributed by atoms with Crippen LogP contribution in [0.1, 0.15) is 39.2 Å². The molecule has 0 aliphatic carbocycles. The van der Waals surface area contributed by atoms with Gasteiger partial charge in [-0.2, -0.15) is 0 Å². The van der Waals surface area contributed by atoms with Crippen LogP contribution in [-0.4, -0.2) is 30.9 Å². The maximum absolute atomic E-state index is 10.1. The molecule has 0 saturated heterocycles. The van der Waals surface area contributed by atoms with E-state index in [2.05, 4.69) is 32.2 Å². The molecule has 114 valence electrons. The third-order valence-corrected chi connectivity index (χ3v) is 3.99. The summed E-state index contributed by atoms with van der Waals surface area (Å²) in [5.41, 5.74) is 1.20. The smallest absolute Gasteiger partial charge is 0.122 e. The van der Waals surface area contributed by atoms with Gasteiger partial charge >= 0.3 is 0 Å². The number of hydrogen-bond donors (Lipinski definition) is 2. The topological polar surface area (TPSA) is 41.5 Å². The lowest BCUT2D eigenvalue weighted by Crippen LogP contribution is -2.38. The van der Waals surface area contributed by atoms with E-state index in [1.54, 1.807) is 7.11 Å². The Balaban J connectivity index is 2.45. The second-order valence-electron chi connectivity index (χ2n) is 5.47. The molecule has 20 heavy (non-hydrogen) atoms. The molecule has 2 atom stereocenters. The summed E-state index contributed by atoms with van der Waals surface area (Å²) in [6.07, 6.45) is 2.70. The molecule has 0 spiro atoms. The molecule has 0 fully saturated rings. The molecule has 1 aromatic carbocycles. The molecular weight excluding hydrogens is 250 g/mol. The van der Waals surface area contributed by atoms with Crippen molar-refractivity contribution in [3.05, 3.63) is 29.8 Å². The molecular formula is C17H29NO2. The molecule has 3 heteroatoms. The Hall–Kier alpha value is -1.06. The average Bonchev–Trinajstić information content (AvgIpc) is 2.47. The van der Waals surface area contributed by atoms with Crippen molar-refractivity contribution in [1.82, 2.24) is 5.32 Å². The molecule has 0 aliphatic heterocycles. The molecule has 0 radical (unpaired) electrons. The van der Waals surface area contributed by atoms with Crippen molar-refractivity contribution in [3.8, 4) is 5.75 Å². The van der Waals surface area contributed by atoms with E-state index < -0.39 is 0 Å². The van der Waals surface area contributed by atoms with Crippen LogP contribution in [0.3, 0.4) is 0 Å². The van der Waals surface area contributed by atoms with Crippen molar-refractivity contribution >= 4 is 0 Å². The molecule has 1 aromatic rings. The largest absolute Gasteiger partial charge is 0.496 e. The van der Waals surface area contributed by atoms with Crippen molar-refractivity contribution in [2.45, 2.75) is 52.2 Å². The minimum Gasteiger partial charge on any atom is -0.496 e. The van der Waals surface area contributed by atoms with Crippen LogP contribution in [0, 0.1) is 5.92 Å². The molecule has 2 unspecified atom stereocenters. The van der Waals surface area contributed by atoms with E-state index >= 15 is 0 Å². The SMILES string of the molecule is CCC(CC)C(O)CNC(C)Cc1ccccc1OC. The van der Waals surface area contributed by atoms with Crippen LogP contribution in [0.15, 0.2) is 24.3 Å². The first kappa shape index (κ1) is 17.0. The van der Waals surface area contributed by atoms with Crippen LogP contribution < -0.4 is 10.1 Å². The van der Waals surface area contributed by atoms with Gasteiger partial charge < -0.3 is 15.2 Å². The highest BCUT2D eigenvalue weighted by molar-refractivity contribution is 5.33. The molecule has 0 aliphatic rings. The Kier molecular flexibility index (Phi) is 7.63. The summed E-state index contributed by atoms with van der Waals surface area (Å²) in [5.74, 6) is 1.32. The zero-order chi connectivity index (χ0) is 15.0. The summed E-state index contributed by atoms with van der Waals surface area (Å²) in [7, 11) is 1.70. The highest BCUT2D eigenvalue weighted by Gasteiger charge is 2.16. The summed E-state index contributed by atoms with van der Waals surface area (Å²) < 4.78 is 5.37. The fourth-order valence-corrected chi connectivity index (χ4v) is 2.60. The fraction of sp³-hybridized carbons (Fsp3) is 0.647. The molecule has 0 bridgehead atoms. The number of para-hydroxylation sites is 1. The second kappa shape index (κ2) is 8.98. The predicted octanol–water partition coefficient (Wildman–Crippen LogP) is 3.01. The fourth-order valence-electron chi connectivity index (χ4n) is 2.60. The second-order valence-corrected chi connectivity index (χ2v) is 5.47. The maximum Gasteiger partial charge on any atom is 0.122 e. The molecule has 0 heterocycles. The van der Waals surface area contributed by atoms with Gasteiger partial charge in [0, 0.05) is 12.6 Å². The first-order valence-electron chi connectivity index (χ1n) is 7.65. The number of aliphatic hydroxyl groups is 1. The minimum absolute atomic E-state index is 0.259. The summed E-state index contributed by atoms with van der Waals surface area (Å²) in [6, 6.07) is 8.41. The minimum atomic E-state index is -0.259. The Morgan fingerprint density at radius 3 is 2.45 bits per heavy atom. The van der Waals surface area contributed by atoms with Gasteiger partial charge in [-0.1, -0.05) is 44.9 Å². The third kappa shape index (κ3) is 5.14. The van der Waals surface area contributed by atoms with Gasteiger partial charge in [0.2, 0.25) is 0 Å². The van der Waals surface area contributed by atoms with Crippen LogP contribution in [0.25, 0.3) is 0 Å². The van der Waals surface area contributed by atoms with Crippen LogP contribution >= 0.6 is 0 Å². The lowest BCUT2D eigenvalue weighted by atomic mass is 9.96. The lowest BCUT2D eigenvalue weighted by Gasteiger charge is -2.23.